The first kappa shape index (κ1) is 22.5. The average molecular weight is 499 g/mol. The molecule has 5 aromatic rings. The van der Waals surface area contributed by atoms with Crippen LogP contribution in [0.3, 0.4) is 0 Å². The number of nitrogens with zero attached hydrogens (tertiary/aromatic N) is 3. The van der Waals surface area contributed by atoms with Crippen molar-refractivity contribution in [2.45, 2.75) is 6.18 Å². The minimum Gasteiger partial charge on any atom is -0.436 e. The Balaban J connectivity index is 1.38. The van der Waals surface area contributed by atoms with Crippen molar-refractivity contribution >= 4 is 34.5 Å². The largest absolute Gasteiger partial charge is 0.437 e. The van der Waals surface area contributed by atoms with Crippen LogP contribution in [0.2, 0.25) is 5.02 Å². The number of amides is 1. The normalized spacial score (nSPS) is 11.5. The molecule has 0 radical (unpaired) electrons. The van der Waals surface area contributed by atoms with Crippen LogP contribution in [0.5, 0.6) is 5.75 Å². The zero-order valence-electron chi connectivity index (χ0n) is 17.6. The fraction of sp³-hybridized carbons (Fsp3) is 0.0417. The minimum atomic E-state index is -4.85. The van der Waals surface area contributed by atoms with Crippen LogP contribution in [0, 0.1) is 0 Å². The molecule has 0 bridgehead atoms. The third-order valence-corrected chi connectivity index (χ3v) is 5.18. The highest BCUT2D eigenvalue weighted by Gasteiger charge is 2.40. The highest BCUT2D eigenvalue weighted by molar-refractivity contribution is 6.30. The van der Waals surface area contributed by atoms with Crippen molar-refractivity contribution in [2.24, 2.45) is 0 Å². The van der Waals surface area contributed by atoms with Gasteiger partial charge in [-0.15, -0.1) is 0 Å². The molecular formula is C24H14ClF3N4O3. The van der Waals surface area contributed by atoms with Crippen molar-refractivity contribution in [1.29, 1.82) is 0 Å². The number of hydrogen-bond donors (Lipinski definition) is 1. The average Bonchev–Trinajstić information content (AvgIpc) is 3.44. The smallest absolute Gasteiger partial charge is 0.436 e. The maximum Gasteiger partial charge on any atom is 0.437 e. The van der Waals surface area contributed by atoms with Gasteiger partial charge in [-0.05, 0) is 54.6 Å². The van der Waals surface area contributed by atoms with Crippen LogP contribution in [-0.4, -0.2) is 20.9 Å². The summed E-state index contributed by atoms with van der Waals surface area (Å²) in [4.78, 5) is 16.8. The maximum atomic E-state index is 13.8. The second-order valence-electron chi connectivity index (χ2n) is 7.33. The third-order valence-electron chi connectivity index (χ3n) is 4.93. The van der Waals surface area contributed by atoms with Gasteiger partial charge in [-0.3, -0.25) is 5.32 Å². The molecule has 11 heteroatoms. The molecule has 0 spiro atoms. The number of carbonyl (C=O) groups is 1. The summed E-state index contributed by atoms with van der Waals surface area (Å²) in [5.41, 5.74) is 0.951. The Morgan fingerprint density at radius 1 is 1.03 bits per heavy atom. The summed E-state index contributed by atoms with van der Waals surface area (Å²) >= 11 is 5.81. The lowest BCUT2D eigenvalue weighted by molar-refractivity contribution is -0.143. The lowest BCUT2D eigenvalue weighted by Crippen LogP contribution is -2.20. The molecule has 0 saturated heterocycles. The lowest BCUT2D eigenvalue weighted by Gasteiger charge is -2.13. The molecule has 0 aliphatic rings. The Morgan fingerprint density at radius 2 is 1.80 bits per heavy atom. The quantitative estimate of drug-likeness (QED) is 0.289. The van der Waals surface area contributed by atoms with Gasteiger partial charge in [-0.1, -0.05) is 29.8 Å². The summed E-state index contributed by atoms with van der Waals surface area (Å²) in [5, 5.41) is 6.51. The van der Waals surface area contributed by atoms with Gasteiger partial charge < -0.3 is 9.15 Å². The molecule has 176 valence electrons. The van der Waals surface area contributed by atoms with Crippen molar-refractivity contribution in [2.75, 3.05) is 5.32 Å². The molecule has 7 nitrogen and oxygen atoms in total. The molecule has 5 rings (SSSR count). The van der Waals surface area contributed by atoms with Crippen LogP contribution < -0.4 is 10.1 Å². The Morgan fingerprint density at radius 3 is 2.54 bits per heavy atom. The van der Waals surface area contributed by atoms with Gasteiger partial charge in [0.05, 0.1) is 11.9 Å². The van der Waals surface area contributed by atoms with Gasteiger partial charge in [0.15, 0.2) is 17.0 Å². The van der Waals surface area contributed by atoms with Crippen LogP contribution in [-0.2, 0) is 6.18 Å². The number of para-hydroxylation sites is 2. The van der Waals surface area contributed by atoms with Crippen molar-refractivity contribution in [3.8, 4) is 22.9 Å². The summed E-state index contributed by atoms with van der Waals surface area (Å²) in [6.07, 6.45) is -5.15. The summed E-state index contributed by atoms with van der Waals surface area (Å²) in [5.74, 6) is -0.424. The molecule has 0 fully saturated rings. The van der Waals surface area contributed by atoms with E-state index in [0.29, 0.717) is 32.3 Å². The predicted molar refractivity (Wildman–Crippen MR) is 123 cm³/mol. The van der Waals surface area contributed by atoms with E-state index in [2.05, 4.69) is 15.4 Å². The highest BCUT2D eigenvalue weighted by atomic mass is 35.5. The summed E-state index contributed by atoms with van der Waals surface area (Å²) < 4.78 is 52.7. The fourth-order valence-corrected chi connectivity index (χ4v) is 3.54. The molecule has 1 N–H and O–H groups in total. The number of oxazole rings is 1. The van der Waals surface area contributed by atoms with E-state index < -0.39 is 23.7 Å². The van der Waals surface area contributed by atoms with Gasteiger partial charge in [0, 0.05) is 16.3 Å². The number of nitrogens with one attached hydrogen (secondary N) is 1. The predicted octanol–water partition coefficient (Wildman–Crippen LogP) is 6.96. The molecule has 3 aromatic carbocycles. The summed E-state index contributed by atoms with van der Waals surface area (Å²) in [6.45, 7) is 0. The molecule has 0 atom stereocenters. The topological polar surface area (TPSA) is 82.2 Å². The summed E-state index contributed by atoms with van der Waals surface area (Å²) in [7, 11) is 0. The Hall–Kier alpha value is -4.31. The van der Waals surface area contributed by atoms with Crippen molar-refractivity contribution in [1.82, 2.24) is 14.8 Å². The first-order valence-corrected chi connectivity index (χ1v) is 10.5. The van der Waals surface area contributed by atoms with E-state index in [0.717, 1.165) is 6.20 Å². The zero-order valence-corrected chi connectivity index (χ0v) is 18.3. The van der Waals surface area contributed by atoms with E-state index in [1.54, 1.807) is 36.4 Å². The third kappa shape index (κ3) is 4.69. The highest BCUT2D eigenvalue weighted by Crippen LogP contribution is 2.38. The molecule has 35 heavy (non-hydrogen) atoms. The number of hydrogen-bond acceptors (Lipinski definition) is 5. The molecule has 0 saturated carbocycles. The first-order chi connectivity index (χ1) is 16.8. The number of rotatable bonds is 4. The van der Waals surface area contributed by atoms with E-state index in [1.165, 1.54) is 24.3 Å². The minimum absolute atomic E-state index is 0.100. The SMILES string of the molecule is O=C(Nc1cccc(-c2nc3ccccc3o2)c1)Oc1cnn(-c2ccc(Cl)cc2)c1C(F)(F)F. The monoisotopic (exact) mass is 498 g/mol. The van der Waals surface area contributed by atoms with Crippen LogP contribution in [0.15, 0.2) is 83.4 Å². The summed E-state index contributed by atoms with van der Waals surface area (Å²) in [6, 6.07) is 19.3. The number of benzene rings is 3. The van der Waals surface area contributed by atoms with Gasteiger partial charge in [-0.25, -0.2) is 14.5 Å². The van der Waals surface area contributed by atoms with E-state index in [-0.39, 0.29) is 11.4 Å². The van der Waals surface area contributed by atoms with Gasteiger partial charge >= 0.3 is 12.3 Å². The Kier molecular flexibility index (Phi) is 5.65. The zero-order chi connectivity index (χ0) is 24.6. The van der Waals surface area contributed by atoms with E-state index >= 15 is 0 Å². The number of alkyl halides is 3. The molecule has 2 aromatic heterocycles. The lowest BCUT2D eigenvalue weighted by atomic mass is 10.2. The van der Waals surface area contributed by atoms with Gasteiger partial charge in [0.2, 0.25) is 5.89 Å². The second-order valence-corrected chi connectivity index (χ2v) is 7.76. The maximum absolute atomic E-state index is 13.8. The molecule has 2 heterocycles. The van der Waals surface area contributed by atoms with Crippen molar-refractivity contribution in [3.63, 3.8) is 0 Å². The van der Waals surface area contributed by atoms with E-state index in [4.69, 9.17) is 20.8 Å². The number of aromatic nitrogens is 3. The van der Waals surface area contributed by atoms with Crippen LogP contribution >= 0.6 is 11.6 Å². The van der Waals surface area contributed by atoms with Crippen molar-refractivity contribution < 1.29 is 27.1 Å². The van der Waals surface area contributed by atoms with Gasteiger partial charge in [0.25, 0.3) is 0 Å². The van der Waals surface area contributed by atoms with Crippen molar-refractivity contribution in [3.05, 3.63) is 89.7 Å². The molecule has 0 aliphatic carbocycles. The molecular weight excluding hydrogens is 485 g/mol. The fourth-order valence-electron chi connectivity index (χ4n) is 3.41. The molecule has 0 unspecified atom stereocenters. The number of halogens is 4. The Bertz CT molecular complexity index is 1490. The number of fused-ring (bicyclic) bond motifs is 1. The molecule has 1 amide bonds. The molecule has 0 aliphatic heterocycles. The number of carbonyl (C=O) groups excluding carboxylic acids is 1. The standard InChI is InChI=1S/C24H14ClF3N4O3/c25-15-8-10-17(11-9-15)32-21(24(26,27)28)20(13-29-32)35-23(33)30-16-5-3-4-14(12-16)22-31-18-6-1-2-7-19(18)34-22/h1-13H,(H,30,33). The van der Waals surface area contributed by atoms with E-state index in [9.17, 15) is 18.0 Å². The number of anilines is 1. The van der Waals surface area contributed by atoms with Crippen LogP contribution in [0.25, 0.3) is 28.2 Å². The first-order valence-electron chi connectivity index (χ1n) is 10.1. The van der Waals surface area contributed by atoms with Crippen LogP contribution in [0.4, 0.5) is 23.7 Å². The van der Waals surface area contributed by atoms with Crippen LogP contribution in [0.1, 0.15) is 5.69 Å². The number of ether oxygens (including phenoxy) is 1. The van der Waals surface area contributed by atoms with Gasteiger partial charge in [0.1, 0.15) is 5.52 Å². The van der Waals surface area contributed by atoms with Gasteiger partial charge in [-0.2, -0.15) is 18.3 Å². The second kappa shape index (κ2) is 8.80. The van der Waals surface area contributed by atoms with E-state index in [1.807, 2.05) is 12.1 Å². The Labute approximate surface area is 200 Å².